The lowest BCUT2D eigenvalue weighted by molar-refractivity contribution is -0.151. The Morgan fingerprint density at radius 3 is 2.40 bits per heavy atom. The molecule has 1 atom stereocenters. The van der Waals surface area contributed by atoms with Crippen LogP contribution in [-0.4, -0.2) is 35.1 Å². The smallest absolute Gasteiger partial charge is 0.309 e. The molecule has 110 valence electrons. The van der Waals surface area contributed by atoms with Crippen LogP contribution < -0.4 is 0 Å². The van der Waals surface area contributed by atoms with Crippen molar-refractivity contribution in [2.24, 2.45) is 5.41 Å². The van der Waals surface area contributed by atoms with Crippen LogP contribution in [0.25, 0.3) is 0 Å². The van der Waals surface area contributed by atoms with Gasteiger partial charge in [-0.05, 0) is 63.9 Å². The molecule has 1 saturated heterocycles. The molecule has 0 radical (unpaired) electrons. The van der Waals surface area contributed by atoms with Gasteiger partial charge in [0.15, 0.2) is 0 Å². The van der Waals surface area contributed by atoms with Crippen LogP contribution in [0.2, 0.25) is 0 Å². The molecule has 4 heteroatoms. The Bertz CT molecular complexity index is 464. The number of piperidine rings is 1. The first-order chi connectivity index (χ1) is 9.40. The summed E-state index contributed by atoms with van der Waals surface area (Å²) in [6.07, 6.45) is 2.25. The van der Waals surface area contributed by atoms with Gasteiger partial charge in [0.25, 0.3) is 0 Å². The molecular weight excluding hydrogens is 257 g/mol. The van der Waals surface area contributed by atoms with Gasteiger partial charge in [0.1, 0.15) is 5.82 Å². The van der Waals surface area contributed by atoms with Gasteiger partial charge >= 0.3 is 5.97 Å². The first kappa shape index (κ1) is 15.0. The molecule has 2 rings (SSSR count). The van der Waals surface area contributed by atoms with Crippen LogP contribution in [0.15, 0.2) is 24.3 Å². The summed E-state index contributed by atoms with van der Waals surface area (Å²) in [4.78, 5) is 13.5. The first-order valence-electron chi connectivity index (χ1n) is 7.12. The second-order valence-corrected chi connectivity index (χ2v) is 6.08. The molecule has 1 aromatic carbocycles. The number of rotatable bonds is 4. The van der Waals surface area contributed by atoms with E-state index in [0.717, 1.165) is 25.1 Å². The summed E-state index contributed by atoms with van der Waals surface area (Å²) < 4.78 is 12.9. The van der Waals surface area contributed by atoms with Crippen molar-refractivity contribution in [3.05, 3.63) is 35.6 Å². The Hall–Kier alpha value is -1.42. The molecule has 0 saturated carbocycles. The fourth-order valence-corrected chi connectivity index (χ4v) is 2.76. The van der Waals surface area contributed by atoms with Gasteiger partial charge in [0.2, 0.25) is 0 Å². The van der Waals surface area contributed by atoms with Crippen molar-refractivity contribution >= 4 is 5.97 Å². The zero-order valence-electron chi connectivity index (χ0n) is 12.1. The first-order valence-corrected chi connectivity index (χ1v) is 7.12. The van der Waals surface area contributed by atoms with Crippen LogP contribution in [0, 0.1) is 11.2 Å². The molecule has 0 spiro atoms. The minimum atomic E-state index is -0.691. The molecular formula is C16H22FNO2. The number of carboxylic acid groups (broad SMARTS) is 1. The quantitative estimate of drug-likeness (QED) is 0.921. The van der Waals surface area contributed by atoms with E-state index in [2.05, 4.69) is 11.8 Å². The van der Waals surface area contributed by atoms with Gasteiger partial charge in [-0.15, -0.1) is 0 Å². The van der Waals surface area contributed by atoms with Gasteiger partial charge in [0, 0.05) is 6.04 Å². The molecule has 0 bridgehead atoms. The largest absolute Gasteiger partial charge is 0.481 e. The Balaban J connectivity index is 1.90. The van der Waals surface area contributed by atoms with E-state index in [1.54, 1.807) is 0 Å². The zero-order chi connectivity index (χ0) is 14.8. The highest BCUT2D eigenvalue weighted by Gasteiger charge is 2.37. The molecule has 1 aliphatic heterocycles. The second-order valence-electron chi connectivity index (χ2n) is 6.08. The van der Waals surface area contributed by atoms with Gasteiger partial charge in [-0.3, -0.25) is 4.79 Å². The number of likely N-dealkylation sites (tertiary alicyclic amines) is 1. The van der Waals surface area contributed by atoms with E-state index in [1.807, 2.05) is 19.1 Å². The molecule has 1 heterocycles. The number of hydrogen-bond donors (Lipinski definition) is 1. The number of nitrogens with zero attached hydrogens (tertiary/aromatic N) is 1. The maximum absolute atomic E-state index is 12.9. The van der Waals surface area contributed by atoms with Gasteiger partial charge in [-0.25, -0.2) is 4.39 Å². The van der Waals surface area contributed by atoms with Gasteiger partial charge < -0.3 is 10.0 Å². The lowest BCUT2D eigenvalue weighted by atomic mass is 9.80. The van der Waals surface area contributed by atoms with E-state index in [4.69, 9.17) is 0 Å². The van der Waals surface area contributed by atoms with Crippen LogP contribution in [0.5, 0.6) is 0 Å². The monoisotopic (exact) mass is 279 g/mol. The van der Waals surface area contributed by atoms with E-state index in [0.29, 0.717) is 18.9 Å². The minimum absolute atomic E-state index is 0.211. The summed E-state index contributed by atoms with van der Waals surface area (Å²) >= 11 is 0. The Kier molecular flexibility index (Phi) is 4.43. The summed E-state index contributed by atoms with van der Waals surface area (Å²) in [6, 6.07) is 6.95. The van der Waals surface area contributed by atoms with Gasteiger partial charge in [-0.2, -0.15) is 0 Å². The molecule has 0 aromatic heterocycles. The predicted molar refractivity (Wildman–Crippen MR) is 76.1 cm³/mol. The van der Waals surface area contributed by atoms with Crippen molar-refractivity contribution < 1.29 is 14.3 Å². The maximum Gasteiger partial charge on any atom is 0.309 e. The van der Waals surface area contributed by atoms with E-state index in [1.165, 1.54) is 12.1 Å². The van der Waals surface area contributed by atoms with Crippen LogP contribution in [0.4, 0.5) is 4.39 Å². The molecule has 0 aliphatic carbocycles. The molecule has 1 fully saturated rings. The number of carboxylic acids is 1. The molecule has 1 aromatic rings. The third kappa shape index (κ3) is 3.37. The van der Waals surface area contributed by atoms with Gasteiger partial charge in [0.05, 0.1) is 5.41 Å². The average molecular weight is 279 g/mol. The SMILES string of the molecule is CC(Cc1ccc(F)cc1)N1CCC(C)(C(=O)O)CC1. The molecule has 20 heavy (non-hydrogen) atoms. The highest BCUT2D eigenvalue weighted by molar-refractivity contribution is 5.74. The summed E-state index contributed by atoms with van der Waals surface area (Å²) in [5, 5.41) is 9.23. The second kappa shape index (κ2) is 5.92. The van der Waals surface area contributed by atoms with E-state index >= 15 is 0 Å². The summed E-state index contributed by atoms with van der Waals surface area (Å²) in [5.74, 6) is -0.903. The fraction of sp³-hybridized carbons (Fsp3) is 0.562. The van der Waals surface area contributed by atoms with Crippen molar-refractivity contribution in [1.82, 2.24) is 4.90 Å². The molecule has 1 N–H and O–H groups in total. The van der Waals surface area contributed by atoms with Crippen LogP contribution in [-0.2, 0) is 11.2 Å². The van der Waals surface area contributed by atoms with Crippen molar-refractivity contribution in [2.45, 2.75) is 39.2 Å². The number of carbonyl (C=O) groups is 1. The third-order valence-electron chi connectivity index (χ3n) is 4.49. The van der Waals surface area contributed by atoms with E-state index in [-0.39, 0.29) is 5.82 Å². The molecule has 1 unspecified atom stereocenters. The summed E-state index contributed by atoms with van der Waals surface area (Å²) in [7, 11) is 0. The Labute approximate surface area is 119 Å². The van der Waals surface area contributed by atoms with Crippen molar-refractivity contribution in [3.63, 3.8) is 0 Å². The molecule has 0 amide bonds. The minimum Gasteiger partial charge on any atom is -0.481 e. The topological polar surface area (TPSA) is 40.5 Å². The normalized spacial score (nSPS) is 20.6. The third-order valence-corrected chi connectivity index (χ3v) is 4.49. The van der Waals surface area contributed by atoms with Crippen molar-refractivity contribution in [3.8, 4) is 0 Å². The highest BCUT2D eigenvalue weighted by atomic mass is 19.1. The summed E-state index contributed by atoms with van der Waals surface area (Å²) in [5.41, 5.74) is 0.539. The standard InChI is InChI=1S/C16H22FNO2/c1-12(11-13-3-5-14(17)6-4-13)18-9-7-16(2,8-10-18)15(19)20/h3-6,12H,7-11H2,1-2H3,(H,19,20). The van der Waals surface area contributed by atoms with Crippen molar-refractivity contribution in [1.29, 1.82) is 0 Å². The van der Waals surface area contributed by atoms with Crippen LogP contribution in [0.3, 0.4) is 0 Å². The molecule has 3 nitrogen and oxygen atoms in total. The average Bonchev–Trinajstić information content (AvgIpc) is 2.42. The number of hydrogen-bond acceptors (Lipinski definition) is 2. The number of aliphatic carboxylic acids is 1. The van der Waals surface area contributed by atoms with Crippen LogP contribution >= 0.6 is 0 Å². The molecule has 1 aliphatic rings. The number of halogens is 1. The van der Waals surface area contributed by atoms with E-state index in [9.17, 15) is 14.3 Å². The fourth-order valence-electron chi connectivity index (χ4n) is 2.76. The number of benzene rings is 1. The highest BCUT2D eigenvalue weighted by Crippen LogP contribution is 2.32. The zero-order valence-corrected chi connectivity index (χ0v) is 12.1. The Morgan fingerprint density at radius 1 is 1.35 bits per heavy atom. The van der Waals surface area contributed by atoms with E-state index < -0.39 is 11.4 Å². The lowest BCUT2D eigenvalue weighted by Gasteiger charge is -2.39. The lowest BCUT2D eigenvalue weighted by Crippen LogP contribution is -2.46. The van der Waals surface area contributed by atoms with Gasteiger partial charge in [-0.1, -0.05) is 12.1 Å². The Morgan fingerprint density at radius 2 is 1.90 bits per heavy atom. The maximum atomic E-state index is 12.9. The summed E-state index contributed by atoms with van der Waals surface area (Å²) in [6.45, 7) is 5.60. The van der Waals surface area contributed by atoms with Crippen molar-refractivity contribution in [2.75, 3.05) is 13.1 Å². The van der Waals surface area contributed by atoms with Crippen LogP contribution in [0.1, 0.15) is 32.3 Å². The predicted octanol–water partition coefficient (Wildman–Crippen LogP) is 2.94.